The van der Waals surface area contributed by atoms with Gasteiger partial charge in [0.2, 0.25) is 11.8 Å². The second kappa shape index (κ2) is 14.6. The van der Waals surface area contributed by atoms with Gasteiger partial charge in [0.1, 0.15) is 18.4 Å². The Morgan fingerprint density at radius 3 is 2.22 bits per heavy atom. The lowest BCUT2D eigenvalue weighted by Crippen LogP contribution is -2.54. The normalized spacial score (nSPS) is 14.9. The van der Waals surface area contributed by atoms with Crippen molar-refractivity contribution in [1.82, 2.24) is 10.2 Å². The van der Waals surface area contributed by atoms with Crippen LogP contribution in [0, 0.1) is 5.82 Å². The van der Waals surface area contributed by atoms with Gasteiger partial charge in [-0.3, -0.25) is 13.9 Å². The van der Waals surface area contributed by atoms with Crippen LogP contribution < -0.4 is 9.62 Å². The summed E-state index contributed by atoms with van der Waals surface area (Å²) in [5.74, 6) is -1.81. The third-order valence-electron chi connectivity index (χ3n) is 7.76. The third kappa shape index (κ3) is 8.55. The van der Waals surface area contributed by atoms with Gasteiger partial charge in [0, 0.05) is 12.6 Å². The minimum atomic E-state index is -4.83. The lowest BCUT2D eigenvalue weighted by molar-refractivity contribution is -0.140. The van der Waals surface area contributed by atoms with Crippen LogP contribution in [0.2, 0.25) is 5.02 Å². The summed E-state index contributed by atoms with van der Waals surface area (Å²) >= 11 is 6.29. The van der Waals surface area contributed by atoms with Crippen molar-refractivity contribution in [3.05, 3.63) is 94.8 Å². The van der Waals surface area contributed by atoms with E-state index in [1.165, 1.54) is 53.4 Å². The minimum absolute atomic E-state index is 0.0815. The number of alkyl halides is 3. The number of nitrogens with one attached hydrogen (secondary N) is 1. The molecule has 0 aromatic heterocycles. The Kier molecular flexibility index (Phi) is 11.1. The Hall–Kier alpha value is -3.64. The number of hydrogen-bond acceptors (Lipinski definition) is 4. The molecule has 1 fully saturated rings. The summed E-state index contributed by atoms with van der Waals surface area (Å²) in [6.45, 7) is 0.538. The Morgan fingerprint density at radius 2 is 1.62 bits per heavy atom. The third-order valence-corrected chi connectivity index (χ3v) is 9.85. The largest absolute Gasteiger partial charge is 0.416 e. The Balaban J connectivity index is 1.77. The number of sulfonamides is 1. The smallest absolute Gasteiger partial charge is 0.352 e. The molecule has 13 heteroatoms. The standard InChI is InChI=1S/C32H34ClF4N3O4S/c1-2-28(31(42)38-25-9-5-3-6-10-25)39(20-22-13-16-24(34)17-14-22)30(41)21-40(45(43,44)26-11-7-4-8-12-26)29-19-23(32(35,36)37)15-18-27(29)33/h4,7-8,11-19,25,28H,2-3,5-6,9-10,20-21H2,1H3,(H,38,42)/t28-/m1/s1. The minimum Gasteiger partial charge on any atom is -0.352 e. The van der Waals surface area contributed by atoms with Crippen molar-refractivity contribution in [3.63, 3.8) is 0 Å². The van der Waals surface area contributed by atoms with Crippen molar-refractivity contribution in [3.8, 4) is 0 Å². The summed E-state index contributed by atoms with van der Waals surface area (Å²) in [6, 6.07) is 13.2. The topological polar surface area (TPSA) is 86.8 Å². The van der Waals surface area contributed by atoms with Crippen molar-refractivity contribution in [2.45, 2.75) is 75.1 Å². The van der Waals surface area contributed by atoms with Crippen LogP contribution in [-0.4, -0.2) is 43.8 Å². The van der Waals surface area contributed by atoms with Gasteiger partial charge >= 0.3 is 6.18 Å². The number of amides is 2. The fourth-order valence-corrected chi connectivity index (χ4v) is 7.08. The molecule has 3 aromatic rings. The van der Waals surface area contributed by atoms with Gasteiger partial charge in [0.05, 0.1) is 21.2 Å². The first kappa shape index (κ1) is 34.2. The number of carbonyl (C=O) groups is 2. The quantitative estimate of drug-likeness (QED) is 0.224. The summed E-state index contributed by atoms with van der Waals surface area (Å²) in [6.07, 6.45) is -0.154. The lowest BCUT2D eigenvalue weighted by Gasteiger charge is -2.34. The number of anilines is 1. The van der Waals surface area contributed by atoms with Crippen LogP contribution in [-0.2, 0) is 32.3 Å². The van der Waals surface area contributed by atoms with Gasteiger partial charge < -0.3 is 10.2 Å². The summed E-state index contributed by atoms with van der Waals surface area (Å²) in [4.78, 5) is 28.6. The molecule has 0 saturated heterocycles. The van der Waals surface area contributed by atoms with Crippen LogP contribution in [0.3, 0.4) is 0 Å². The molecule has 2 amide bonds. The molecule has 1 N–H and O–H groups in total. The molecule has 0 unspecified atom stereocenters. The highest BCUT2D eigenvalue weighted by molar-refractivity contribution is 7.92. The second-order valence-electron chi connectivity index (χ2n) is 10.9. The molecule has 4 rings (SSSR count). The molecule has 0 heterocycles. The zero-order valence-corrected chi connectivity index (χ0v) is 26.1. The Labute approximate surface area is 265 Å². The van der Waals surface area contributed by atoms with Gasteiger partial charge in [-0.25, -0.2) is 12.8 Å². The maximum atomic E-state index is 14.2. The highest BCUT2D eigenvalue weighted by Gasteiger charge is 2.37. The summed E-state index contributed by atoms with van der Waals surface area (Å²) < 4.78 is 83.2. The summed E-state index contributed by atoms with van der Waals surface area (Å²) in [7, 11) is -4.64. The molecule has 1 aliphatic rings. The SMILES string of the molecule is CC[C@H](C(=O)NC1CCCCC1)N(Cc1ccc(F)cc1)C(=O)CN(c1cc(C(F)(F)F)ccc1Cl)S(=O)(=O)c1ccccc1. The van der Waals surface area contributed by atoms with E-state index in [0.29, 0.717) is 22.0 Å². The predicted octanol–water partition coefficient (Wildman–Crippen LogP) is 6.95. The van der Waals surface area contributed by atoms with Gasteiger partial charge in [-0.05, 0) is 67.3 Å². The van der Waals surface area contributed by atoms with Gasteiger partial charge in [-0.2, -0.15) is 13.2 Å². The van der Waals surface area contributed by atoms with E-state index in [1.807, 2.05) is 0 Å². The summed E-state index contributed by atoms with van der Waals surface area (Å²) in [5, 5.41) is 2.67. The van der Waals surface area contributed by atoms with Gasteiger partial charge in [-0.15, -0.1) is 0 Å². The zero-order chi connectivity index (χ0) is 32.8. The van der Waals surface area contributed by atoms with Gasteiger partial charge in [0.25, 0.3) is 10.0 Å². The molecule has 242 valence electrons. The molecule has 0 radical (unpaired) electrons. The average Bonchev–Trinajstić information content (AvgIpc) is 3.01. The molecule has 0 aliphatic heterocycles. The molecular weight excluding hydrogens is 634 g/mol. The van der Waals surface area contributed by atoms with Crippen LogP contribution in [0.15, 0.2) is 77.7 Å². The second-order valence-corrected chi connectivity index (χ2v) is 13.2. The van der Waals surface area contributed by atoms with E-state index in [4.69, 9.17) is 11.6 Å². The highest BCUT2D eigenvalue weighted by Crippen LogP contribution is 2.37. The van der Waals surface area contributed by atoms with Gasteiger partial charge in [0.15, 0.2) is 0 Å². The van der Waals surface area contributed by atoms with E-state index in [2.05, 4.69) is 5.32 Å². The van der Waals surface area contributed by atoms with E-state index in [9.17, 15) is 35.6 Å². The Bertz CT molecular complexity index is 1580. The molecular formula is C32H34ClF4N3O4S. The lowest BCUT2D eigenvalue weighted by atomic mass is 9.95. The van der Waals surface area contributed by atoms with Crippen LogP contribution in [0.4, 0.5) is 23.2 Å². The molecule has 0 bridgehead atoms. The first-order chi connectivity index (χ1) is 21.3. The molecule has 1 aliphatic carbocycles. The number of carbonyl (C=O) groups excluding carboxylic acids is 2. The predicted molar refractivity (Wildman–Crippen MR) is 163 cm³/mol. The molecule has 7 nitrogen and oxygen atoms in total. The first-order valence-corrected chi connectivity index (χ1v) is 16.4. The summed E-state index contributed by atoms with van der Waals surface area (Å²) in [5.41, 5.74) is -1.25. The number of benzene rings is 3. The van der Waals surface area contributed by atoms with E-state index in [1.54, 1.807) is 13.0 Å². The maximum absolute atomic E-state index is 14.2. The van der Waals surface area contributed by atoms with E-state index < -0.39 is 57.7 Å². The number of nitrogens with zero attached hydrogens (tertiary/aromatic N) is 2. The Morgan fingerprint density at radius 1 is 0.978 bits per heavy atom. The van der Waals surface area contributed by atoms with E-state index in [0.717, 1.165) is 38.2 Å². The molecule has 45 heavy (non-hydrogen) atoms. The fourth-order valence-electron chi connectivity index (χ4n) is 5.36. The van der Waals surface area contributed by atoms with Crippen LogP contribution >= 0.6 is 11.6 Å². The van der Waals surface area contributed by atoms with Crippen LogP contribution in [0.25, 0.3) is 0 Å². The van der Waals surface area contributed by atoms with E-state index in [-0.39, 0.29) is 28.9 Å². The molecule has 1 saturated carbocycles. The van der Waals surface area contributed by atoms with E-state index >= 15 is 0 Å². The van der Waals surface area contributed by atoms with Crippen LogP contribution in [0.5, 0.6) is 0 Å². The van der Waals surface area contributed by atoms with Crippen molar-refractivity contribution in [2.75, 3.05) is 10.8 Å². The molecule has 1 atom stereocenters. The monoisotopic (exact) mass is 667 g/mol. The number of halogens is 5. The van der Waals surface area contributed by atoms with Crippen molar-refractivity contribution in [2.24, 2.45) is 0 Å². The van der Waals surface area contributed by atoms with Gasteiger partial charge in [-0.1, -0.05) is 68.1 Å². The maximum Gasteiger partial charge on any atom is 0.416 e. The zero-order valence-electron chi connectivity index (χ0n) is 24.6. The van der Waals surface area contributed by atoms with Crippen molar-refractivity contribution >= 4 is 39.1 Å². The van der Waals surface area contributed by atoms with Crippen molar-refractivity contribution in [1.29, 1.82) is 0 Å². The molecule has 0 spiro atoms. The molecule has 3 aromatic carbocycles. The number of rotatable bonds is 11. The average molecular weight is 668 g/mol. The first-order valence-electron chi connectivity index (χ1n) is 14.6. The van der Waals surface area contributed by atoms with Crippen molar-refractivity contribution < 1.29 is 35.6 Å². The fraction of sp³-hybridized carbons (Fsp3) is 0.375. The highest BCUT2D eigenvalue weighted by atomic mass is 35.5. The number of hydrogen-bond donors (Lipinski definition) is 1. The van der Waals surface area contributed by atoms with Crippen LogP contribution in [0.1, 0.15) is 56.6 Å².